The molecule has 0 bridgehead atoms. The molecule has 2 rings (SSSR count). The van der Waals surface area contributed by atoms with Gasteiger partial charge in [-0.2, -0.15) is 0 Å². The van der Waals surface area contributed by atoms with Gasteiger partial charge in [0.15, 0.2) is 5.96 Å². The average Bonchev–Trinajstić information content (AvgIpc) is 2.61. The van der Waals surface area contributed by atoms with Crippen molar-refractivity contribution in [3.63, 3.8) is 0 Å². The SMILES string of the molecule is CN=C(NCCCOC)NCc1ccc(CN2CC(C)OC(C)C2)cc1.I. The fourth-order valence-corrected chi connectivity index (χ4v) is 3.26. The molecule has 1 fully saturated rings. The maximum absolute atomic E-state index is 5.81. The van der Waals surface area contributed by atoms with E-state index in [1.54, 1.807) is 14.2 Å². The second kappa shape index (κ2) is 13.3. The lowest BCUT2D eigenvalue weighted by atomic mass is 10.1. The molecule has 0 amide bonds. The molecule has 1 aliphatic rings. The van der Waals surface area contributed by atoms with Crippen LogP contribution in [0.5, 0.6) is 0 Å². The molecule has 0 aliphatic carbocycles. The van der Waals surface area contributed by atoms with Crippen molar-refractivity contribution in [3.8, 4) is 0 Å². The lowest BCUT2D eigenvalue weighted by molar-refractivity contribution is -0.0704. The normalized spacial score (nSPS) is 20.8. The van der Waals surface area contributed by atoms with Gasteiger partial charge in [-0.3, -0.25) is 9.89 Å². The molecule has 2 N–H and O–H groups in total. The van der Waals surface area contributed by atoms with E-state index in [9.17, 15) is 0 Å². The monoisotopic (exact) mass is 490 g/mol. The van der Waals surface area contributed by atoms with E-state index in [4.69, 9.17) is 9.47 Å². The van der Waals surface area contributed by atoms with Crippen molar-refractivity contribution >= 4 is 29.9 Å². The Hall–Kier alpha value is -0.900. The lowest BCUT2D eigenvalue weighted by Gasteiger charge is -2.35. The Bertz CT molecular complexity index is 543. The molecule has 0 aromatic heterocycles. The summed E-state index contributed by atoms with van der Waals surface area (Å²) in [6, 6.07) is 8.81. The standard InChI is InChI=1S/C20H34N4O2.HI/c1-16-13-24(14-17(2)26-16)15-19-8-6-18(7-9-19)12-23-20(21-3)22-10-5-11-25-4;/h6-9,16-17H,5,10-15H2,1-4H3,(H2,21,22,23);1H. The third-order valence-electron chi connectivity index (χ3n) is 4.43. The molecular formula is C20H35IN4O2. The molecule has 27 heavy (non-hydrogen) atoms. The number of guanidine groups is 1. The number of rotatable bonds is 8. The van der Waals surface area contributed by atoms with Gasteiger partial charge in [0.1, 0.15) is 0 Å². The van der Waals surface area contributed by atoms with Crippen LogP contribution in [-0.2, 0) is 22.6 Å². The third kappa shape index (κ3) is 9.23. The van der Waals surface area contributed by atoms with Gasteiger partial charge in [0.2, 0.25) is 0 Å². The summed E-state index contributed by atoms with van der Waals surface area (Å²) in [7, 11) is 3.51. The molecule has 1 heterocycles. The number of hydrogen-bond acceptors (Lipinski definition) is 4. The number of aliphatic imine (C=N–C) groups is 1. The van der Waals surface area contributed by atoms with Crippen LogP contribution in [0.2, 0.25) is 0 Å². The Labute approximate surface area is 181 Å². The van der Waals surface area contributed by atoms with Crippen LogP contribution in [-0.4, -0.2) is 63.5 Å². The van der Waals surface area contributed by atoms with E-state index in [1.165, 1.54) is 11.1 Å². The number of halogens is 1. The maximum atomic E-state index is 5.81. The number of nitrogens with one attached hydrogen (secondary N) is 2. The van der Waals surface area contributed by atoms with Crippen molar-refractivity contribution in [1.82, 2.24) is 15.5 Å². The Morgan fingerprint density at radius 3 is 2.37 bits per heavy atom. The molecular weight excluding hydrogens is 455 g/mol. The molecule has 2 atom stereocenters. The van der Waals surface area contributed by atoms with Gasteiger partial charge in [0, 0.05) is 53.5 Å². The van der Waals surface area contributed by atoms with Crippen LogP contribution in [0, 0.1) is 0 Å². The van der Waals surface area contributed by atoms with Gasteiger partial charge in [-0.25, -0.2) is 0 Å². The zero-order valence-corrected chi connectivity index (χ0v) is 19.4. The summed E-state index contributed by atoms with van der Waals surface area (Å²) in [6.07, 6.45) is 1.58. The van der Waals surface area contributed by atoms with Crippen LogP contribution in [0.15, 0.2) is 29.3 Å². The molecule has 1 aliphatic heterocycles. The van der Waals surface area contributed by atoms with Crippen LogP contribution in [0.3, 0.4) is 0 Å². The second-order valence-electron chi connectivity index (χ2n) is 6.97. The third-order valence-corrected chi connectivity index (χ3v) is 4.43. The maximum Gasteiger partial charge on any atom is 0.191 e. The van der Waals surface area contributed by atoms with E-state index in [0.29, 0.717) is 12.2 Å². The second-order valence-corrected chi connectivity index (χ2v) is 6.97. The molecule has 2 unspecified atom stereocenters. The first-order valence-electron chi connectivity index (χ1n) is 9.49. The van der Waals surface area contributed by atoms with E-state index in [-0.39, 0.29) is 24.0 Å². The first kappa shape index (κ1) is 24.1. The zero-order chi connectivity index (χ0) is 18.8. The van der Waals surface area contributed by atoms with Gasteiger partial charge in [-0.15, -0.1) is 24.0 Å². The topological polar surface area (TPSA) is 58.1 Å². The van der Waals surface area contributed by atoms with Crippen LogP contribution in [0.25, 0.3) is 0 Å². The van der Waals surface area contributed by atoms with E-state index < -0.39 is 0 Å². The van der Waals surface area contributed by atoms with Crippen molar-refractivity contribution in [2.45, 2.75) is 45.6 Å². The number of ether oxygens (including phenoxy) is 2. The molecule has 0 radical (unpaired) electrons. The Balaban J connectivity index is 0.00000364. The van der Waals surface area contributed by atoms with Gasteiger partial charge in [-0.1, -0.05) is 24.3 Å². The molecule has 1 aromatic carbocycles. The summed E-state index contributed by atoms with van der Waals surface area (Å²) in [6.45, 7) is 9.64. The van der Waals surface area contributed by atoms with Crippen LogP contribution in [0.4, 0.5) is 0 Å². The Morgan fingerprint density at radius 2 is 1.78 bits per heavy atom. The number of morpholine rings is 1. The van der Waals surface area contributed by atoms with Crippen molar-refractivity contribution in [3.05, 3.63) is 35.4 Å². The Kier molecular flexibility index (Phi) is 11.9. The predicted molar refractivity (Wildman–Crippen MR) is 122 cm³/mol. The minimum Gasteiger partial charge on any atom is -0.385 e. The van der Waals surface area contributed by atoms with E-state index >= 15 is 0 Å². The van der Waals surface area contributed by atoms with Crippen molar-refractivity contribution in [2.24, 2.45) is 4.99 Å². The number of hydrogen-bond donors (Lipinski definition) is 2. The smallest absolute Gasteiger partial charge is 0.191 e. The summed E-state index contributed by atoms with van der Waals surface area (Å²) in [5.74, 6) is 0.821. The number of nitrogens with zero attached hydrogens (tertiary/aromatic N) is 2. The fraction of sp³-hybridized carbons (Fsp3) is 0.650. The highest BCUT2D eigenvalue weighted by atomic mass is 127. The summed E-state index contributed by atoms with van der Waals surface area (Å²) in [5.41, 5.74) is 2.59. The molecule has 7 heteroatoms. The van der Waals surface area contributed by atoms with Gasteiger partial charge >= 0.3 is 0 Å². The van der Waals surface area contributed by atoms with Crippen molar-refractivity contribution in [2.75, 3.05) is 40.4 Å². The lowest BCUT2D eigenvalue weighted by Crippen LogP contribution is -2.44. The number of methoxy groups -OCH3 is 1. The van der Waals surface area contributed by atoms with E-state index in [0.717, 1.165) is 51.7 Å². The molecule has 1 saturated heterocycles. The van der Waals surface area contributed by atoms with E-state index in [1.807, 2.05) is 0 Å². The van der Waals surface area contributed by atoms with Gasteiger partial charge in [-0.05, 0) is 31.4 Å². The summed E-state index contributed by atoms with van der Waals surface area (Å²) >= 11 is 0. The van der Waals surface area contributed by atoms with Crippen molar-refractivity contribution in [1.29, 1.82) is 0 Å². The fourth-order valence-electron chi connectivity index (χ4n) is 3.26. The summed E-state index contributed by atoms with van der Waals surface area (Å²) < 4.78 is 10.9. The number of benzene rings is 1. The molecule has 6 nitrogen and oxygen atoms in total. The molecule has 0 saturated carbocycles. The minimum atomic E-state index is 0. The molecule has 0 spiro atoms. The summed E-state index contributed by atoms with van der Waals surface area (Å²) in [4.78, 5) is 6.72. The first-order chi connectivity index (χ1) is 12.6. The highest BCUT2D eigenvalue weighted by Gasteiger charge is 2.21. The highest BCUT2D eigenvalue weighted by molar-refractivity contribution is 14.0. The minimum absolute atomic E-state index is 0. The van der Waals surface area contributed by atoms with Crippen LogP contribution < -0.4 is 10.6 Å². The van der Waals surface area contributed by atoms with Crippen molar-refractivity contribution < 1.29 is 9.47 Å². The zero-order valence-electron chi connectivity index (χ0n) is 17.0. The van der Waals surface area contributed by atoms with Gasteiger partial charge in [0.25, 0.3) is 0 Å². The molecule has 1 aromatic rings. The highest BCUT2D eigenvalue weighted by Crippen LogP contribution is 2.14. The van der Waals surface area contributed by atoms with Crippen LogP contribution in [0.1, 0.15) is 31.4 Å². The Morgan fingerprint density at radius 1 is 1.15 bits per heavy atom. The average molecular weight is 490 g/mol. The predicted octanol–water partition coefficient (Wildman–Crippen LogP) is 2.62. The largest absolute Gasteiger partial charge is 0.385 e. The van der Waals surface area contributed by atoms with Gasteiger partial charge < -0.3 is 20.1 Å². The first-order valence-corrected chi connectivity index (χ1v) is 9.49. The van der Waals surface area contributed by atoms with Gasteiger partial charge in [0.05, 0.1) is 12.2 Å². The van der Waals surface area contributed by atoms with Crippen LogP contribution >= 0.6 is 24.0 Å². The summed E-state index contributed by atoms with van der Waals surface area (Å²) in [5, 5.41) is 6.63. The van der Waals surface area contributed by atoms with E-state index in [2.05, 4.69) is 58.6 Å². The molecule has 154 valence electrons. The quantitative estimate of drug-likeness (QED) is 0.254.